The molecule has 0 spiro atoms. The molecule has 2 N–H and O–H groups in total. The SMILES string of the molecule is O=CCCCC(=O)OCC(O)CO. The first-order valence-corrected chi connectivity index (χ1v) is 4.09. The summed E-state index contributed by atoms with van der Waals surface area (Å²) in [5.74, 6) is -0.464. The van der Waals surface area contributed by atoms with Crippen LogP contribution in [0.2, 0.25) is 0 Å². The van der Waals surface area contributed by atoms with Gasteiger partial charge in [-0.1, -0.05) is 0 Å². The Labute approximate surface area is 76.3 Å². The summed E-state index contributed by atoms with van der Waals surface area (Å²) in [5, 5.41) is 17.2. The Kier molecular flexibility index (Phi) is 7.14. The number of carbonyl (C=O) groups excluding carboxylic acids is 2. The summed E-state index contributed by atoms with van der Waals surface area (Å²) in [5.41, 5.74) is 0. The smallest absolute Gasteiger partial charge is 0.305 e. The van der Waals surface area contributed by atoms with Crippen molar-refractivity contribution >= 4 is 12.3 Å². The van der Waals surface area contributed by atoms with Crippen molar-refractivity contribution in [3.8, 4) is 0 Å². The van der Waals surface area contributed by atoms with Gasteiger partial charge in [0.1, 0.15) is 19.0 Å². The third-order valence-electron chi connectivity index (χ3n) is 1.35. The van der Waals surface area contributed by atoms with Gasteiger partial charge in [-0.15, -0.1) is 0 Å². The fourth-order valence-electron chi connectivity index (χ4n) is 0.644. The standard InChI is InChI=1S/C8H14O5/c9-4-2-1-3-8(12)13-6-7(11)5-10/h4,7,10-11H,1-3,5-6H2. The minimum Gasteiger partial charge on any atom is -0.463 e. The number of aldehydes is 1. The van der Waals surface area contributed by atoms with E-state index in [-0.39, 0.29) is 13.0 Å². The number of aliphatic hydroxyl groups excluding tert-OH is 2. The van der Waals surface area contributed by atoms with Gasteiger partial charge in [-0.3, -0.25) is 4.79 Å². The average Bonchev–Trinajstić information content (AvgIpc) is 2.14. The summed E-state index contributed by atoms with van der Waals surface area (Å²) in [6.07, 6.45) is 0.664. The van der Waals surface area contributed by atoms with Crippen LogP contribution < -0.4 is 0 Å². The molecule has 5 nitrogen and oxygen atoms in total. The lowest BCUT2D eigenvalue weighted by Gasteiger charge is -2.07. The van der Waals surface area contributed by atoms with Crippen LogP contribution in [0.1, 0.15) is 19.3 Å². The number of unbranched alkanes of at least 4 members (excludes halogenated alkanes) is 1. The van der Waals surface area contributed by atoms with Crippen molar-refractivity contribution in [3.63, 3.8) is 0 Å². The monoisotopic (exact) mass is 190 g/mol. The summed E-state index contributed by atoms with van der Waals surface area (Å²) in [6, 6.07) is 0. The second-order valence-corrected chi connectivity index (χ2v) is 2.58. The second-order valence-electron chi connectivity index (χ2n) is 2.58. The van der Waals surface area contributed by atoms with Crippen molar-refractivity contribution in [2.45, 2.75) is 25.4 Å². The Morgan fingerprint density at radius 1 is 1.54 bits per heavy atom. The predicted octanol–water partition coefficient (Wildman–Crippen LogP) is -0.748. The molecule has 0 saturated heterocycles. The normalized spacial score (nSPS) is 12.2. The molecule has 0 rings (SSSR count). The number of carbonyl (C=O) groups is 2. The van der Waals surface area contributed by atoms with Crippen molar-refractivity contribution < 1.29 is 24.5 Å². The Morgan fingerprint density at radius 3 is 2.77 bits per heavy atom. The lowest BCUT2D eigenvalue weighted by molar-refractivity contribution is -0.147. The molecule has 0 fully saturated rings. The largest absolute Gasteiger partial charge is 0.463 e. The van der Waals surface area contributed by atoms with E-state index in [9.17, 15) is 9.59 Å². The van der Waals surface area contributed by atoms with Crippen molar-refractivity contribution in [2.24, 2.45) is 0 Å². The maximum atomic E-state index is 10.8. The lowest BCUT2D eigenvalue weighted by Crippen LogP contribution is -2.21. The lowest BCUT2D eigenvalue weighted by atomic mass is 10.2. The third kappa shape index (κ3) is 7.42. The van der Waals surface area contributed by atoms with Crippen molar-refractivity contribution in [1.29, 1.82) is 0 Å². The van der Waals surface area contributed by atoms with Crippen LogP contribution in [-0.2, 0) is 14.3 Å². The molecular weight excluding hydrogens is 176 g/mol. The van der Waals surface area contributed by atoms with Crippen molar-refractivity contribution in [2.75, 3.05) is 13.2 Å². The molecule has 0 saturated carbocycles. The van der Waals surface area contributed by atoms with Gasteiger partial charge in [-0.2, -0.15) is 0 Å². The molecule has 1 unspecified atom stereocenters. The van der Waals surface area contributed by atoms with Crippen LogP contribution in [0.3, 0.4) is 0 Å². The van der Waals surface area contributed by atoms with Crippen LogP contribution in [0.5, 0.6) is 0 Å². The highest BCUT2D eigenvalue weighted by Crippen LogP contribution is 1.96. The molecule has 5 heteroatoms. The minimum atomic E-state index is -1.02. The summed E-state index contributed by atoms with van der Waals surface area (Å²) in [6.45, 7) is -0.627. The molecule has 0 bridgehead atoms. The van der Waals surface area contributed by atoms with Crippen LogP contribution in [-0.4, -0.2) is 41.8 Å². The van der Waals surface area contributed by atoms with Crippen LogP contribution in [0.15, 0.2) is 0 Å². The van der Waals surface area contributed by atoms with Crippen LogP contribution in [0, 0.1) is 0 Å². The van der Waals surface area contributed by atoms with Gasteiger partial charge in [0.05, 0.1) is 6.61 Å². The first kappa shape index (κ1) is 12.1. The summed E-state index contributed by atoms with van der Waals surface area (Å²) >= 11 is 0. The number of aliphatic hydroxyl groups is 2. The maximum absolute atomic E-state index is 10.8. The van der Waals surface area contributed by atoms with Gasteiger partial charge >= 0.3 is 5.97 Å². The molecule has 0 aliphatic carbocycles. The van der Waals surface area contributed by atoms with E-state index in [1.807, 2.05) is 0 Å². The highest BCUT2D eigenvalue weighted by molar-refractivity contribution is 5.69. The molecule has 0 aliphatic heterocycles. The number of hydrogen-bond acceptors (Lipinski definition) is 5. The molecule has 0 aromatic carbocycles. The molecule has 0 heterocycles. The van der Waals surface area contributed by atoms with Crippen LogP contribution in [0.4, 0.5) is 0 Å². The number of rotatable bonds is 7. The highest BCUT2D eigenvalue weighted by Gasteiger charge is 2.06. The van der Waals surface area contributed by atoms with E-state index in [2.05, 4.69) is 4.74 Å². The Bertz CT molecular complexity index is 157. The zero-order valence-corrected chi connectivity index (χ0v) is 7.31. The zero-order chi connectivity index (χ0) is 10.1. The van der Waals surface area contributed by atoms with Gasteiger partial charge in [0.25, 0.3) is 0 Å². The molecule has 0 aliphatic rings. The van der Waals surface area contributed by atoms with Gasteiger partial charge in [-0.25, -0.2) is 0 Å². The van der Waals surface area contributed by atoms with Gasteiger partial charge in [0, 0.05) is 12.8 Å². The fourth-order valence-corrected chi connectivity index (χ4v) is 0.644. The molecule has 0 radical (unpaired) electrons. The van der Waals surface area contributed by atoms with Crippen LogP contribution >= 0.6 is 0 Å². The molecule has 0 amide bonds. The van der Waals surface area contributed by atoms with E-state index in [0.717, 1.165) is 6.29 Å². The zero-order valence-electron chi connectivity index (χ0n) is 7.31. The third-order valence-corrected chi connectivity index (χ3v) is 1.35. The molecule has 76 valence electrons. The minimum absolute atomic E-state index is 0.164. The molecule has 13 heavy (non-hydrogen) atoms. The highest BCUT2D eigenvalue weighted by atomic mass is 16.5. The quantitative estimate of drug-likeness (QED) is 0.313. The average molecular weight is 190 g/mol. The van der Waals surface area contributed by atoms with Crippen molar-refractivity contribution in [1.82, 2.24) is 0 Å². The number of hydrogen-bond donors (Lipinski definition) is 2. The van der Waals surface area contributed by atoms with Crippen molar-refractivity contribution in [3.05, 3.63) is 0 Å². The van der Waals surface area contributed by atoms with Crippen LogP contribution in [0.25, 0.3) is 0 Å². The molecule has 0 aromatic heterocycles. The molecule has 1 atom stereocenters. The van der Waals surface area contributed by atoms with E-state index in [1.54, 1.807) is 0 Å². The van der Waals surface area contributed by atoms with Gasteiger partial charge < -0.3 is 19.7 Å². The van der Waals surface area contributed by atoms with E-state index in [0.29, 0.717) is 12.8 Å². The van der Waals surface area contributed by atoms with E-state index in [4.69, 9.17) is 10.2 Å². The van der Waals surface area contributed by atoms with Gasteiger partial charge in [0.2, 0.25) is 0 Å². The Balaban J connectivity index is 3.34. The van der Waals surface area contributed by atoms with Gasteiger partial charge in [-0.05, 0) is 6.42 Å². The molecule has 0 aromatic rings. The topological polar surface area (TPSA) is 83.8 Å². The Morgan fingerprint density at radius 2 is 2.23 bits per heavy atom. The van der Waals surface area contributed by atoms with Gasteiger partial charge in [0.15, 0.2) is 0 Å². The number of esters is 1. The summed E-state index contributed by atoms with van der Waals surface area (Å²) < 4.78 is 4.58. The maximum Gasteiger partial charge on any atom is 0.305 e. The molecular formula is C8H14O5. The summed E-state index contributed by atoms with van der Waals surface area (Å²) in [7, 11) is 0. The first-order chi connectivity index (χ1) is 6.20. The first-order valence-electron chi connectivity index (χ1n) is 4.09. The summed E-state index contributed by atoms with van der Waals surface area (Å²) in [4.78, 5) is 20.7. The van der Waals surface area contributed by atoms with E-state index < -0.39 is 18.7 Å². The second kappa shape index (κ2) is 7.70. The van der Waals surface area contributed by atoms with E-state index in [1.165, 1.54) is 0 Å². The van der Waals surface area contributed by atoms with E-state index >= 15 is 0 Å². The fraction of sp³-hybridized carbons (Fsp3) is 0.750. The Hall–Kier alpha value is -0.940. The predicted molar refractivity (Wildman–Crippen MR) is 44.0 cm³/mol. The number of ether oxygens (including phenoxy) is 1.